The van der Waals surface area contributed by atoms with Crippen molar-refractivity contribution in [1.29, 1.82) is 0 Å². The van der Waals surface area contributed by atoms with Crippen LogP contribution in [0.5, 0.6) is 28.7 Å². The summed E-state index contributed by atoms with van der Waals surface area (Å²) in [6.07, 6.45) is 0.410. The first-order chi connectivity index (χ1) is 17.9. The van der Waals surface area contributed by atoms with E-state index in [0.29, 0.717) is 41.2 Å². The molecule has 1 atom stereocenters. The van der Waals surface area contributed by atoms with Crippen LogP contribution in [0.4, 0.5) is 0 Å². The van der Waals surface area contributed by atoms with E-state index in [2.05, 4.69) is 5.32 Å². The van der Waals surface area contributed by atoms with Gasteiger partial charge in [-0.1, -0.05) is 24.3 Å². The Bertz CT molecular complexity index is 1510. The second kappa shape index (κ2) is 10.1. The maximum Gasteiger partial charge on any atom is 0.343 e. The Morgan fingerprint density at radius 2 is 1.86 bits per heavy atom. The average molecular weight is 504 g/mol. The number of hydrogen-bond donors (Lipinski definition) is 3. The first-order valence-electron chi connectivity index (χ1n) is 11.7. The number of phenolic OH excluding ortho intramolecular Hbond substituents is 1. The van der Waals surface area contributed by atoms with Gasteiger partial charge in [0.1, 0.15) is 17.1 Å². The van der Waals surface area contributed by atoms with Crippen molar-refractivity contribution in [2.24, 2.45) is 0 Å². The van der Waals surface area contributed by atoms with Crippen molar-refractivity contribution >= 4 is 16.9 Å². The molecule has 1 amide bonds. The smallest absolute Gasteiger partial charge is 0.343 e. The summed E-state index contributed by atoms with van der Waals surface area (Å²) in [7, 11) is 1.48. The molecule has 1 aliphatic rings. The highest BCUT2D eigenvalue weighted by Gasteiger charge is 2.30. The monoisotopic (exact) mass is 503 g/mol. The summed E-state index contributed by atoms with van der Waals surface area (Å²) in [5.74, 6) is -0.0400. The predicted octanol–water partition coefficient (Wildman–Crippen LogP) is 3.82. The number of fused-ring (bicyclic) bond motifs is 2. The molecule has 5 rings (SSSR count). The summed E-state index contributed by atoms with van der Waals surface area (Å²) in [5.41, 5.74) is 0.938. The van der Waals surface area contributed by atoms with E-state index in [1.807, 2.05) is 0 Å². The number of amides is 1. The fourth-order valence-electron chi connectivity index (χ4n) is 4.46. The zero-order chi connectivity index (χ0) is 25.9. The summed E-state index contributed by atoms with van der Waals surface area (Å²) in [4.78, 5) is 26.2. The first kappa shape index (κ1) is 24.1. The van der Waals surface area contributed by atoms with E-state index in [1.165, 1.54) is 7.11 Å². The molecular formula is C28H25NO8. The van der Waals surface area contributed by atoms with Crippen LogP contribution in [0, 0.1) is 0 Å². The number of methoxy groups -OCH3 is 1. The van der Waals surface area contributed by atoms with Gasteiger partial charge in [0.05, 0.1) is 18.1 Å². The molecule has 190 valence electrons. The van der Waals surface area contributed by atoms with Crippen molar-refractivity contribution in [1.82, 2.24) is 5.32 Å². The van der Waals surface area contributed by atoms with Gasteiger partial charge in [-0.05, 0) is 53.9 Å². The lowest BCUT2D eigenvalue weighted by Gasteiger charge is -2.20. The van der Waals surface area contributed by atoms with Crippen molar-refractivity contribution in [3.8, 4) is 28.7 Å². The Balaban J connectivity index is 1.49. The van der Waals surface area contributed by atoms with Crippen molar-refractivity contribution in [3.05, 3.63) is 87.8 Å². The molecule has 0 bridgehead atoms. The molecule has 0 unspecified atom stereocenters. The normalized spacial score (nSPS) is 12.9. The molecule has 0 aliphatic carbocycles. The number of benzene rings is 3. The molecule has 2 heterocycles. The molecule has 3 N–H and O–H groups in total. The molecule has 9 nitrogen and oxygen atoms in total. The molecule has 0 fully saturated rings. The van der Waals surface area contributed by atoms with Gasteiger partial charge in [-0.2, -0.15) is 0 Å². The third kappa shape index (κ3) is 4.88. The van der Waals surface area contributed by atoms with Gasteiger partial charge in [-0.25, -0.2) is 4.79 Å². The SMILES string of the molecule is COc1cc([C@H](CC(=O)NCCc2ccc(O)cc2)c2c(O)c3ccccc3oc2=O)cc2c1OCO2. The van der Waals surface area contributed by atoms with E-state index in [9.17, 15) is 19.8 Å². The Labute approximate surface area is 211 Å². The standard InChI is InChI=1S/C28H25NO8/c1-34-22-12-17(13-23-27(22)36-15-35-23)20(14-24(31)29-11-10-16-6-8-18(30)9-7-16)25-26(32)19-4-2-3-5-21(19)37-28(25)33/h2-9,12-13,20,30,32H,10-11,14-15H2,1H3,(H,29,31)/t20-/m0/s1. The maximum absolute atomic E-state index is 13.1. The largest absolute Gasteiger partial charge is 0.508 e. The van der Waals surface area contributed by atoms with E-state index >= 15 is 0 Å². The lowest BCUT2D eigenvalue weighted by molar-refractivity contribution is -0.121. The fourth-order valence-corrected chi connectivity index (χ4v) is 4.46. The van der Waals surface area contributed by atoms with Gasteiger partial charge < -0.3 is 34.2 Å². The van der Waals surface area contributed by atoms with Crippen LogP contribution in [0.15, 0.2) is 69.9 Å². The van der Waals surface area contributed by atoms with Gasteiger partial charge >= 0.3 is 5.63 Å². The van der Waals surface area contributed by atoms with E-state index in [4.69, 9.17) is 18.6 Å². The lowest BCUT2D eigenvalue weighted by Crippen LogP contribution is -2.28. The minimum Gasteiger partial charge on any atom is -0.508 e. The molecule has 0 radical (unpaired) electrons. The summed E-state index contributed by atoms with van der Waals surface area (Å²) < 4.78 is 22.0. The van der Waals surface area contributed by atoms with Crippen molar-refractivity contribution in [2.45, 2.75) is 18.8 Å². The Kier molecular flexibility index (Phi) is 6.59. The van der Waals surface area contributed by atoms with E-state index < -0.39 is 11.5 Å². The number of phenols is 1. The molecule has 0 spiro atoms. The van der Waals surface area contributed by atoms with Crippen LogP contribution in [-0.2, 0) is 11.2 Å². The first-order valence-corrected chi connectivity index (χ1v) is 11.7. The molecule has 3 aromatic carbocycles. The highest BCUT2D eigenvalue weighted by atomic mass is 16.7. The van der Waals surface area contributed by atoms with E-state index in [1.54, 1.807) is 60.7 Å². The van der Waals surface area contributed by atoms with Crippen LogP contribution in [0.3, 0.4) is 0 Å². The molecule has 1 aromatic heterocycles. The number of rotatable bonds is 8. The van der Waals surface area contributed by atoms with Gasteiger partial charge in [0, 0.05) is 18.9 Å². The number of ether oxygens (including phenoxy) is 3. The highest BCUT2D eigenvalue weighted by Crippen LogP contribution is 2.45. The zero-order valence-corrected chi connectivity index (χ0v) is 20.0. The summed E-state index contributed by atoms with van der Waals surface area (Å²) in [6, 6.07) is 16.7. The number of aromatic hydroxyl groups is 2. The van der Waals surface area contributed by atoms with Crippen LogP contribution in [0.25, 0.3) is 11.0 Å². The topological polar surface area (TPSA) is 127 Å². The third-order valence-electron chi connectivity index (χ3n) is 6.31. The van der Waals surface area contributed by atoms with Crippen LogP contribution in [0.2, 0.25) is 0 Å². The Morgan fingerprint density at radius 3 is 2.65 bits per heavy atom. The number of carbonyl (C=O) groups excluding carboxylic acids is 1. The highest BCUT2D eigenvalue weighted by molar-refractivity contribution is 5.85. The second-order valence-electron chi connectivity index (χ2n) is 8.63. The quantitative estimate of drug-likeness (QED) is 0.310. The van der Waals surface area contributed by atoms with Gasteiger partial charge in [-0.3, -0.25) is 4.79 Å². The van der Waals surface area contributed by atoms with Crippen molar-refractivity contribution in [2.75, 3.05) is 20.4 Å². The van der Waals surface area contributed by atoms with Crippen LogP contribution >= 0.6 is 0 Å². The molecular weight excluding hydrogens is 478 g/mol. The van der Waals surface area contributed by atoms with Gasteiger partial charge in [-0.15, -0.1) is 0 Å². The second-order valence-corrected chi connectivity index (χ2v) is 8.63. The van der Waals surface area contributed by atoms with E-state index in [0.717, 1.165) is 5.56 Å². The maximum atomic E-state index is 13.1. The summed E-state index contributed by atoms with van der Waals surface area (Å²) in [5, 5.41) is 23.8. The van der Waals surface area contributed by atoms with Crippen molar-refractivity contribution in [3.63, 3.8) is 0 Å². The van der Waals surface area contributed by atoms with Gasteiger partial charge in [0.2, 0.25) is 18.4 Å². The van der Waals surface area contributed by atoms with Crippen LogP contribution in [-0.4, -0.2) is 36.6 Å². The molecule has 4 aromatic rings. The minimum absolute atomic E-state index is 0.0148. The van der Waals surface area contributed by atoms with Crippen LogP contribution in [0.1, 0.15) is 29.0 Å². The summed E-state index contributed by atoms with van der Waals surface area (Å²) in [6.45, 7) is 0.361. The number of nitrogens with one attached hydrogen (secondary N) is 1. The van der Waals surface area contributed by atoms with Crippen molar-refractivity contribution < 1.29 is 33.6 Å². The van der Waals surface area contributed by atoms with Gasteiger partial charge in [0.25, 0.3) is 0 Å². The number of para-hydroxylation sites is 1. The Hall–Kier alpha value is -4.66. The van der Waals surface area contributed by atoms with Crippen LogP contribution < -0.4 is 25.2 Å². The lowest BCUT2D eigenvalue weighted by atomic mass is 9.87. The fraction of sp³-hybridized carbons (Fsp3) is 0.214. The molecule has 9 heteroatoms. The summed E-state index contributed by atoms with van der Waals surface area (Å²) >= 11 is 0. The molecule has 0 saturated heterocycles. The van der Waals surface area contributed by atoms with E-state index in [-0.39, 0.29) is 41.8 Å². The molecule has 37 heavy (non-hydrogen) atoms. The molecule has 1 aliphatic heterocycles. The number of carbonyl (C=O) groups is 1. The average Bonchev–Trinajstić information content (AvgIpc) is 3.37. The zero-order valence-electron chi connectivity index (χ0n) is 20.0. The predicted molar refractivity (Wildman–Crippen MR) is 135 cm³/mol. The number of hydrogen-bond acceptors (Lipinski definition) is 8. The van der Waals surface area contributed by atoms with Gasteiger partial charge in [0.15, 0.2) is 11.5 Å². The molecule has 0 saturated carbocycles. The minimum atomic E-state index is -0.863. The Morgan fingerprint density at radius 1 is 1.08 bits per heavy atom. The third-order valence-corrected chi connectivity index (χ3v) is 6.31.